The number of amides is 1. The van der Waals surface area contributed by atoms with Gasteiger partial charge in [-0.15, -0.1) is 0 Å². The molecule has 0 aliphatic carbocycles. The summed E-state index contributed by atoms with van der Waals surface area (Å²) in [5.74, 6) is -0.810. The van der Waals surface area contributed by atoms with Gasteiger partial charge in [0.25, 0.3) is 5.91 Å². The van der Waals surface area contributed by atoms with Gasteiger partial charge in [-0.05, 0) is 36.6 Å². The van der Waals surface area contributed by atoms with E-state index in [0.717, 1.165) is 24.5 Å². The summed E-state index contributed by atoms with van der Waals surface area (Å²) in [7, 11) is 0. The maximum atomic E-state index is 13.7. The highest BCUT2D eigenvalue weighted by Crippen LogP contribution is 2.38. The second-order valence-corrected chi connectivity index (χ2v) is 7.22. The van der Waals surface area contributed by atoms with Crippen LogP contribution in [-0.2, 0) is 4.74 Å². The first kappa shape index (κ1) is 17.1. The van der Waals surface area contributed by atoms with Gasteiger partial charge < -0.3 is 14.1 Å². The molecule has 3 heterocycles. The monoisotopic (exact) mass is 379 g/mol. The second kappa shape index (κ2) is 6.56. The number of fused-ring (bicyclic) bond motifs is 2. The van der Waals surface area contributed by atoms with Crippen LogP contribution in [0.3, 0.4) is 0 Å². The molecule has 0 unspecified atom stereocenters. The molecule has 1 saturated heterocycles. The van der Waals surface area contributed by atoms with Crippen molar-refractivity contribution in [2.24, 2.45) is 0 Å². The fourth-order valence-electron chi connectivity index (χ4n) is 4.17. The Hall–Kier alpha value is -2.99. The van der Waals surface area contributed by atoms with Crippen molar-refractivity contribution in [1.82, 2.24) is 4.90 Å². The number of nitrogens with zero attached hydrogens (tertiary/aromatic N) is 1. The molecule has 28 heavy (non-hydrogen) atoms. The molecule has 2 atom stereocenters. The van der Waals surface area contributed by atoms with E-state index in [0.29, 0.717) is 13.2 Å². The Balaban J connectivity index is 1.71. The lowest BCUT2D eigenvalue weighted by atomic mass is 9.98. The molecule has 0 radical (unpaired) electrons. The minimum atomic E-state index is -0.572. The van der Waals surface area contributed by atoms with Crippen LogP contribution < -0.4 is 5.43 Å². The second-order valence-electron chi connectivity index (χ2n) is 7.22. The lowest BCUT2D eigenvalue weighted by molar-refractivity contribution is 0.0486. The normalized spacial score (nSPS) is 21.5. The molecule has 1 aromatic heterocycles. The zero-order chi connectivity index (χ0) is 19.3. The number of carbonyl (C=O) groups excluding carboxylic acids is 1. The minimum absolute atomic E-state index is 0.0379. The van der Waals surface area contributed by atoms with Crippen molar-refractivity contribution in [2.45, 2.75) is 25.0 Å². The summed E-state index contributed by atoms with van der Waals surface area (Å²) in [6.07, 6.45) is 1.76. The van der Waals surface area contributed by atoms with E-state index < -0.39 is 11.9 Å². The van der Waals surface area contributed by atoms with Crippen LogP contribution in [0.1, 0.15) is 40.6 Å². The van der Waals surface area contributed by atoms with Gasteiger partial charge in [0.05, 0.1) is 23.1 Å². The van der Waals surface area contributed by atoms with Crippen LogP contribution in [-0.4, -0.2) is 30.1 Å². The zero-order valence-corrected chi connectivity index (χ0v) is 15.1. The highest BCUT2D eigenvalue weighted by atomic mass is 19.1. The molecule has 6 heteroatoms. The zero-order valence-electron chi connectivity index (χ0n) is 15.1. The summed E-state index contributed by atoms with van der Waals surface area (Å²) in [6.45, 7) is 1.06. The average molecular weight is 379 g/mol. The van der Waals surface area contributed by atoms with Crippen molar-refractivity contribution >= 4 is 16.9 Å². The first-order chi connectivity index (χ1) is 13.6. The molecule has 1 fully saturated rings. The van der Waals surface area contributed by atoms with Crippen molar-refractivity contribution < 1.29 is 18.3 Å². The van der Waals surface area contributed by atoms with Gasteiger partial charge in [0.15, 0.2) is 5.43 Å². The SMILES string of the molecule is O=C1c2oc3ccc(F)cc3c(=O)c2[C@@H](c2ccccc2)N1C[C@@H]1CCCO1. The molecule has 0 N–H and O–H groups in total. The highest BCUT2D eigenvalue weighted by molar-refractivity contribution is 5.99. The molecular formula is C22H18FNO4. The number of hydrogen-bond acceptors (Lipinski definition) is 4. The van der Waals surface area contributed by atoms with Crippen LogP contribution in [0.15, 0.2) is 57.7 Å². The van der Waals surface area contributed by atoms with Gasteiger partial charge in [0.2, 0.25) is 5.76 Å². The van der Waals surface area contributed by atoms with E-state index in [1.807, 2.05) is 30.3 Å². The molecule has 1 amide bonds. The molecular weight excluding hydrogens is 361 g/mol. The lowest BCUT2D eigenvalue weighted by Crippen LogP contribution is -2.36. The third kappa shape index (κ3) is 2.64. The molecule has 5 rings (SSSR count). The number of ether oxygens (including phenoxy) is 1. The first-order valence-corrected chi connectivity index (χ1v) is 9.37. The van der Waals surface area contributed by atoms with Crippen LogP contribution in [0.25, 0.3) is 11.0 Å². The van der Waals surface area contributed by atoms with E-state index in [9.17, 15) is 14.0 Å². The molecule has 142 valence electrons. The predicted octanol–water partition coefficient (Wildman–Crippen LogP) is 3.66. The van der Waals surface area contributed by atoms with Crippen molar-refractivity contribution in [3.63, 3.8) is 0 Å². The van der Waals surface area contributed by atoms with Gasteiger partial charge in [0, 0.05) is 13.2 Å². The Morgan fingerprint density at radius 3 is 2.68 bits per heavy atom. The third-order valence-electron chi connectivity index (χ3n) is 5.47. The fourth-order valence-corrected chi connectivity index (χ4v) is 4.17. The summed E-state index contributed by atoms with van der Waals surface area (Å²) in [4.78, 5) is 28.1. The van der Waals surface area contributed by atoms with Crippen molar-refractivity contribution in [3.05, 3.63) is 81.5 Å². The molecule has 0 saturated carbocycles. The van der Waals surface area contributed by atoms with Gasteiger partial charge in [0.1, 0.15) is 11.4 Å². The standard InChI is InChI=1S/C22H18FNO4/c23-14-8-9-17-16(11-14)20(25)18-19(13-5-2-1-3-6-13)24(22(26)21(18)28-17)12-15-7-4-10-27-15/h1-3,5-6,8-9,11,15,19H,4,7,10,12H2/t15-,19+/m0/s1. The molecule has 3 aromatic rings. The van der Waals surface area contributed by atoms with Crippen LogP contribution >= 0.6 is 0 Å². The van der Waals surface area contributed by atoms with E-state index in [2.05, 4.69) is 0 Å². The average Bonchev–Trinajstić information content (AvgIpc) is 3.31. The van der Waals surface area contributed by atoms with E-state index >= 15 is 0 Å². The molecule has 2 aromatic carbocycles. The van der Waals surface area contributed by atoms with E-state index in [1.165, 1.54) is 12.1 Å². The number of carbonyl (C=O) groups is 1. The Morgan fingerprint density at radius 2 is 1.93 bits per heavy atom. The van der Waals surface area contributed by atoms with E-state index in [4.69, 9.17) is 9.15 Å². The molecule has 2 aliphatic heterocycles. The van der Waals surface area contributed by atoms with E-state index in [-0.39, 0.29) is 39.7 Å². The molecule has 0 spiro atoms. The maximum absolute atomic E-state index is 13.7. The van der Waals surface area contributed by atoms with Crippen LogP contribution in [0.2, 0.25) is 0 Å². The molecule has 0 bridgehead atoms. The predicted molar refractivity (Wildman–Crippen MR) is 101 cm³/mol. The van der Waals surface area contributed by atoms with Crippen molar-refractivity contribution in [3.8, 4) is 0 Å². The van der Waals surface area contributed by atoms with Crippen LogP contribution in [0.5, 0.6) is 0 Å². The Labute approximate surface area is 160 Å². The van der Waals surface area contributed by atoms with Crippen molar-refractivity contribution in [2.75, 3.05) is 13.2 Å². The fraction of sp³-hybridized carbons (Fsp3) is 0.273. The summed E-state index contributed by atoms with van der Waals surface area (Å²) in [6, 6.07) is 12.6. The minimum Gasteiger partial charge on any atom is -0.450 e. The Bertz CT molecular complexity index is 1120. The molecule has 5 nitrogen and oxygen atoms in total. The number of benzene rings is 2. The molecule has 2 aliphatic rings. The van der Waals surface area contributed by atoms with Gasteiger partial charge in [-0.3, -0.25) is 9.59 Å². The topological polar surface area (TPSA) is 59.8 Å². The van der Waals surface area contributed by atoms with Gasteiger partial charge in [-0.1, -0.05) is 30.3 Å². The summed E-state index contributed by atoms with van der Waals surface area (Å²) in [5, 5.41) is 0.145. The Morgan fingerprint density at radius 1 is 1.11 bits per heavy atom. The number of halogens is 1. The quantitative estimate of drug-likeness (QED) is 0.697. The summed E-state index contributed by atoms with van der Waals surface area (Å²) < 4.78 is 25.3. The summed E-state index contributed by atoms with van der Waals surface area (Å²) in [5.41, 5.74) is 0.931. The third-order valence-corrected chi connectivity index (χ3v) is 5.47. The first-order valence-electron chi connectivity index (χ1n) is 9.37. The van der Waals surface area contributed by atoms with Crippen LogP contribution in [0.4, 0.5) is 4.39 Å². The van der Waals surface area contributed by atoms with Crippen molar-refractivity contribution in [1.29, 1.82) is 0 Å². The number of rotatable bonds is 3. The summed E-state index contributed by atoms with van der Waals surface area (Å²) >= 11 is 0. The van der Waals surface area contributed by atoms with E-state index in [1.54, 1.807) is 4.90 Å². The Kier molecular flexibility index (Phi) is 4.02. The van der Waals surface area contributed by atoms with Gasteiger partial charge in [-0.2, -0.15) is 0 Å². The number of hydrogen-bond donors (Lipinski definition) is 0. The van der Waals surface area contributed by atoms with Gasteiger partial charge >= 0.3 is 0 Å². The smallest absolute Gasteiger partial charge is 0.291 e. The van der Waals surface area contributed by atoms with Gasteiger partial charge in [-0.25, -0.2) is 4.39 Å². The van der Waals surface area contributed by atoms with Crippen LogP contribution in [0, 0.1) is 5.82 Å². The largest absolute Gasteiger partial charge is 0.450 e. The lowest BCUT2D eigenvalue weighted by Gasteiger charge is -2.27. The maximum Gasteiger partial charge on any atom is 0.291 e. The highest BCUT2D eigenvalue weighted by Gasteiger charge is 2.43.